The van der Waals surface area contributed by atoms with Gasteiger partial charge in [-0.25, -0.2) is 0 Å². The van der Waals surface area contributed by atoms with Crippen molar-refractivity contribution >= 4 is 0 Å². The molecule has 1 rings (SSSR count). The van der Waals surface area contributed by atoms with Crippen LogP contribution in [-0.4, -0.2) is 89.6 Å². The van der Waals surface area contributed by atoms with E-state index in [0.717, 1.165) is 65.6 Å². The summed E-state index contributed by atoms with van der Waals surface area (Å²) in [5, 5.41) is 3.07. The first kappa shape index (κ1) is 14.9. The van der Waals surface area contributed by atoms with Crippen LogP contribution in [0.25, 0.3) is 0 Å². The molecule has 1 aliphatic rings. The minimum Gasteiger partial charge on any atom is -0.383 e. The Morgan fingerprint density at radius 3 is 2.06 bits per heavy atom. The van der Waals surface area contributed by atoms with Crippen LogP contribution in [0.1, 0.15) is 0 Å². The third kappa shape index (κ3) is 6.95. The van der Waals surface area contributed by atoms with Crippen LogP contribution in [0.15, 0.2) is 0 Å². The van der Waals surface area contributed by atoms with Crippen molar-refractivity contribution in [3.8, 4) is 0 Å². The highest BCUT2D eigenvalue weighted by Crippen LogP contribution is 2.00. The summed E-state index contributed by atoms with van der Waals surface area (Å²) >= 11 is 0. The van der Waals surface area contributed by atoms with Crippen molar-refractivity contribution in [1.82, 2.24) is 15.1 Å². The molecule has 0 saturated carbocycles. The van der Waals surface area contributed by atoms with Crippen LogP contribution >= 0.6 is 0 Å². The second-order valence-corrected chi connectivity index (χ2v) is 4.39. The smallest absolute Gasteiger partial charge is 0.0594 e. The summed E-state index contributed by atoms with van der Waals surface area (Å²) in [5.74, 6) is 0. The van der Waals surface area contributed by atoms with Gasteiger partial charge in [-0.2, -0.15) is 0 Å². The highest BCUT2D eigenvalue weighted by atomic mass is 16.5. The fourth-order valence-electron chi connectivity index (χ4n) is 1.93. The van der Waals surface area contributed by atoms with Crippen LogP contribution in [-0.2, 0) is 9.47 Å². The average molecular weight is 245 g/mol. The quantitative estimate of drug-likeness (QED) is 0.554. The summed E-state index contributed by atoms with van der Waals surface area (Å²) in [6.45, 7) is 10.2. The molecule has 0 amide bonds. The highest BCUT2D eigenvalue weighted by Gasteiger charge is 2.15. The molecule has 17 heavy (non-hydrogen) atoms. The van der Waals surface area contributed by atoms with Crippen LogP contribution in [0.3, 0.4) is 0 Å². The molecule has 0 aromatic rings. The first-order chi connectivity index (χ1) is 8.36. The van der Waals surface area contributed by atoms with E-state index in [2.05, 4.69) is 15.1 Å². The van der Waals surface area contributed by atoms with Gasteiger partial charge >= 0.3 is 0 Å². The molecule has 5 heteroatoms. The molecule has 0 aromatic carbocycles. The summed E-state index contributed by atoms with van der Waals surface area (Å²) in [4.78, 5) is 4.94. The van der Waals surface area contributed by atoms with Gasteiger partial charge in [-0.3, -0.25) is 9.80 Å². The van der Waals surface area contributed by atoms with Gasteiger partial charge in [0.2, 0.25) is 0 Å². The van der Waals surface area contributed by atoms with Crippen LogP contribution in [0.5, 0.6) is 0 Å². The second kappa shape index (κ2) is 9.79. The molecule has 1 aliphatic heterocycles. The van der Waals surface area contributed by atoms with Gasteiger partial charge in [-0.1, -0.05) is 0 Å². The molecule has 0 aromatic heterocycles. The zero-order valence-electron chi connectivity index (χ0n) is 11.3. The van der Waals surface area contributed by atoms with Crippen molar-refractivity contribution < 1.29 is 9.47 Å². The molecule has 1 saturated heterocycles. The molecule has 0 aliphatic carbocycles. The van der Waals surface area contributed by atoms with E-state index >= 15 is 0 Å². The molecule has 0 spiro atoms. The number of ether oxygens (including phenoxy) is 2. The Hall–Kier alpha value is -0.200. The van der Waals surface area contributed by atoms with E-state index in [1.807, 2.05) is 7.05 Å². The molecule has 5 nitrogen and oxygen atoms in total. The Kier molecular flexibility index (Phi) is 8.56. The molecule has 1 heterocycles. The minimum atomic E-state index is 0.810. The Bertz CT molecular complexity index is 170. The van der Waals surface area contributed by atoms with E-state index in [1.165, 1.54) is 0 Å². The maximum Gasteiger partial charge on any atom is 0.0594 e. The third-order valence-electron chi connectivity index (χ3n) is 3.12. The molecule has 0 bridgehead atoms. The van der Waals surface area contributed by atoms with Gasteiger partial charge in [0.15, 0.2) is 0 Å². The van der Waals surface area contributed by atoms with Crippen LogP contribution in [0, 0.1) is 0 Å². The van der Waals surface area contributed by atoms with Gasteiger partial charge < -0.3 is 14.8 Å². The number of piperazine rings is 1. The standard InChI is InChI=1S/C12H27N3O2/c1-13-3-10-17-12-9-15-6-4-14(5-7-15)8-11-16-2/h13H,3-12H2,1-2H3. The average Bonchev–Trinajstić information content (AvgIpc) is 2.37. The van der Waals surface area contributed by atoms with Crippen molar-refractivity contribution in [2.24, 2.45) is 0 Å². The van der Waals surface area contributed by atoms with Gasteiger partial charge in [-0.15, -0.1) is 0 Å². The number of nitrogens with zero attached hydrogens (tertiary/aromatic N) is 2. The summed E-state index contributed by atoms with van der Waals surface area (Å²) in [7, 11) is 3.71. The lowest BCUT2D eigenvalue weighted by atomic mass is 10.3. The molecular formula is C12H27N3O2. The Morgan fingerprint density at radius 2 is 1.53 bits per heavy atom. The van der Waals surface area contributed by atoms with Gasteiger partial charge in [0.05, 0.1) is 19.8 Å². The lowest BCUT2D eigenvalue weighted by Gasteiger charge is -2.34. The molecule has 0 radical (unpaired) electrons. The van der Waals surface area contributed by atoms with E-state index in [0.29, 0.717) is 0 Å². The predicted molar refractivity (Wildman–Crippen MR) is 69.5 cm³/mol. The molecule has 0 atom stereocenters. The van der Waals surface area contributed by atoms with Crippen molar-refractivity contribution in [1.29, 1.82) is 0 Å². The van der Waals surface area contributed by atoms with Gasteiger partial charge in [0.1, 0.15) is 0 Å². The fraction of sp³-hybridized carbons (Fsp3) is 1.00. The molecule has 1 fully saturated rings. The summed E-state index contributed by atoms with van der Waals surface area (Å²) < 4.78 is 10.6. The molecular weight excluding hydrogens is 218 g/mol. The number of rotatable bonds is 9. The van der Waals surface area contributed by atoms with Crippen molar-refractivity contribution in [3.63, 3.8) is 0 Å². The van der Waals surface area contributed by atoms with E-state index in [-0.39, 0.29) is 0 Å². The zero-order valence-corrected chi connectivity index (χ0v) is 11.3. The third-order valence-corrected chi connectivity index (χ3v) is 3.12. The molecule has 1 N–H and O–H groups in total. The van der Waals surface area contributed by atoms with Crippen molar-refractivity contribution in [2.75, 3.05) is 79.8 Å². The number of nitrogens with one attached hydrogen (secondary N) is 1. The van der Waals surface area contributed by atoms with E-state index in [4.69, 9.17) is 9.47 Å². The van der Waals surface area contributed by atoms with Gasteiger partial charge in [0, 0.05) is 52.9 Å². The summed E-state index contributed by atoms with van der Waals surface area (Å²) in [6, 6.07) is 0. The van der Waals surface area contributed by atoms with Crippen LogP contribution in [0.2, 0.25) is 0 Å². The minimum absolute atomic E-state index is 0.810. The highest BCUT2D eigenvalue weighted by molar-refractivity contribution is 4.71. The van der Waals surface area contributed by atoms with E-state index < -0.39 is 0 Å². The number of likely N-dealkylation sites (N-methyl/N-ethyl adjacent to an activating group) is 1. The largest absolute Gasteiger partial charge is 0.383 e. The van der Waals surface area contributed by atoms with Gasteiger partial charge in [-0.05, 0) is 7.05 Å². The SMILES string of the molecule is CNCCOCCN1CCN(CCOC)CC1. The Morgan fingerprint density at radius 1 is 0.941 bits per heavy atom. The fourth-order valence-corrected chi connectivity index (χ4v) is 1.93. The second-order valence-electron chi connectivity index (χ2n) is 4.39. The molecule has 0 unspecified atom stereocenters. The Labute approximate surface area is 105 Å². The first-order valence-corrected chi connectivity index (χ1v) is 6.53. The normalized spacial score (nSPS) is 18.7. The van der Waals surface area contributed by atoms with E-state index in [1.54, 1.807) is 7.11 Å². The number of hydrogen-bond donors (Lipinski definition) is 1. The first-order valence-electron chi connectivity index (χ1n) is 6.53. The maximum absolute atomic E-state index is 5.53. The lowest BCUT2D eigenvalue weighted by Crippen LogP contribution is -2.48. The summed E-state index contributed by atoms with van der Waals surface area (Å²) in [6.07, 6.45) is 0. The van der Waals surface area contributed by atoms with Gasteiger partial charge in [0.25, 0.3) is 0 Å². The summed E-state index contributed by atoms with van der Waals surface area (Å²) in [5.41, 5.74) is 0. The lowest BCUT2D eigenvalue weighted by molar-refractivity contribution is 0.0664. The van der Waals surface area contributed by atoms with Crippen LogP contribution < -0.4 is 5.32 Å². The molecule has 102 valence electrons. The monoisotopic (exact) mass is 245 g/mol. The predicted octanol–water partition coefficient (Wildman–Crippen LogP) is -0.514. The van der Waals surface area contributed by atoms with E-state index in [9.17, 15) is 0 Å². The maximum atomic E-state index is 5.53. The van der Waals surface area contributed by atoms with Crippen LogP contribution in [0.4, 0.5) is 0 Å². The Balaban J connectivity index is 1.95. The van der Waals surface area contributed by atoms with Crippen molar-refractivity contribution in [3.05, 3.63) is 0 Å². The van der Waals surface area contributed by atoms with Crippen molar-refractivity contribution in [2.45, 2.75) is 0 Å². The zero-order chi connectivity index (χ0) is 12.3. The number of hydrogen-bond acceptors (Lipinski definition) is 5. The number of methoxy groups -OCH3 is 1. The topological polar surface area (TPSA) is 37.0 Å².